The number of hydrogen-bond acceptors (Lipinski definition) is 3. The van der Waals surface area contributed by atoms with Crippen molar-refractivity contribution in [3.8, 4) is 11.3 Å². The van der Waals surface area contributed by atoms with Gasteiger partial charge in [-0.15, -0.1) is 0 Å². The third kappa shape index (κ3) is 4.51. The van der Waals surface area contributed by atoms with E-state index in [1.165, 1.54) is 30.3 Å². The van der Waals surface area contributed by atoms with E-state index in [0.29, 0.717) is 6.07 Å². The van der Waals surface area contributed by atoms with Crippen LogP contribution in [0.5, 0.6) is 0 Å². The van der Waals surface area contributed by atoms with E-state index in [4.69, 9.17) is 4.42 Å². The van der Waals surface area contributed by atoms with Gasteiger partial charge in [0.15, 0.2) is 0 Å². The fourth-order valence-electron chi connectivity index (χ4n) is 2.33. The van der Waals surface area contributed by atoms with Gasteiger partial charge in [-0.2, -0.15) is 31.3 Å². The van der Waals surface area contributed by atoms with Crippen molar-refractivity contribution in [2.45, 2.75) is 12.4 Å². The summed E-state index contributed by atoms with van der Waals surface area (Å²) in [4.78, 5) is 16.2. The minimum absolute atomic E-state index is 0.139. The highest BCUT2D eigenvalue weighted by Gasteiger charge is 2.32. The molecular weight excluding hydrogens is 390 g/mol. The SMILES string of the molecule is O=c1nc(/C=C\c2ccc(-c3cccc(C(F)(F)F)c3)o2)cc(C(F)(F)F)[nH]1. The topological polar surface area (TPSA) is 58.9 Å². The van der Waals surface area contributed by atoms with Crippen LogP contribution in [-0.2, 0) is 12.4 Å². The average Bonchev–Trinajstić information content (AvgIpc) is 3.07. The van der Waals surface area contributed by atoms with Crippen molar-refractivity contribution in [1.29, 1.82) is 0 Å². The summed E-state index contributed by atoms with van der Waals surface area (Å²) in [6.45, 7) is 0. The average molecular weight is 400 g/mol. The maximum absolute atomic E-state index is 12.8. The standard InChI is InChI=1S/C18H10F6N2O2/c19-17(20,21)11-3-1-2-10(8-11)14-7-6-13(28-14)5-4-12-9-15(18(22,23)24)26-16(27)25-12/h1-9H,(H,25,26,27)/b5-4-. The Bertz CT molecular complexity index is 1080. The van der Waals surface area contributed by atoms with Crippen LogP contribution in [0.4, 0.5) is 26.3 Å². The lowest BCUT2D eigenvalue weighted by molar-refractivity contribution is -0.141. The van der Waals surface area contributed by atoms with Gasteiger partial charge < -0.3 is 9.40 Å². The molecule has 4 nitrogen and oxygen atoms in total. The molecule has 3 rings (SSSR count). The molecule has 0 amide bonds. The van der Waals surface area contributed by atoms with Gasteiger partial charge in [-0.1, -0.05) is 12.1 Å². The summed E-state index contributed by atoms with van der Waals surface area (Å²) >= 11 is 0. The summed E-state index contributed by atoms with van der Waals surface area (Å²) < 4.78 is 81.9. The first-order chi connectivity index (χ1) is 13.0. The van der Waals surface area contributed by atoms with Crippen LogP contribution in [0.25, 0.3) is 23.5 Å². The Hall–Kier alpha value is -3.30. The Labute approximate surface area is 153 Å². The van der Waals surface area contributed by atoms with Gasteiger partial charge in [0, 0.05) is 5.56 Å². The normalized spacial score (nSPS) is 12.6. The maximum Gasteiger partial charge on any atom is 0.431 e. The van der Waals surface area contributed by atoms with Crippen LogP contribution in [-0.4, -0.2) is 9.97 Å². The molecule has 0 saturated heterocycles. The molecule has 3 aromatic rings. The number of H-pyrrole nitrogens is 1. The second kappa shape index (κ2) is 7.02. The molecule has 0 atom stereocenters. The van der Waals surface area contributed by atoms with Crippen LogP contribution in [0.3, 0.4) is 0 Å². The molecule has 0 bridgehead atoms. The van der Waals surface area contributed by atoms with Gasteiger partial charge in [0.25, 0.3) is 0 Å². The van der Waals surface area contributed by atoms with Crippen molar-refractivity contribution in [3.05, 3.63) is 75.7 Å². The van der Waals surface area contributed by atoms with Crippen LogP contribution in [0.2, 0.25) is 0 Å². The highest BCUT2D eigenvalue weighted by Crippen LogP contribution is 2.33. The van der Waals surface area contributed by atoms with E-state index < -0.39 is 29.3 Å². The molecule has 28 heavy (non-hydrogen) atoms. The number of alkyl halides is 6. The zero-order valence-electron chi connectivity index (χ0n) is 13.7. The molecule has 0 aliphatic carbocycles. The molecule has 146 valence electrons. The van der Waals surface area contributed by atoms with Gasteiger partial charge in [0.05, 0.1) is 11.3 Å². The summed E-state index contributed by atoms with van der Waals surface area (Å²) in [5.41, 5.74) is -3.34. The molecule has 10 heteroatoms. The predicted molar refractivity (Wildman–Crippen MR) is 87.9 cm³/mol. The molecular formula is C18H10F6N2O2. The largest absolute Gasteiger partial charge is 0.457 e. The van der Waals surface area contributed by atoms with Gasteiger partial charge in [0.1, 0.15) is 17.2 Å². The van der Waals surface area contributed by atoms with Crippen molar-refractivity contribution in [2.24, 2.45) is 0 Å². The third-order valence-corrected chi connectivity index (χ3v) is 3.59. The minimum Gasteiger partial charge on any atom is -0.457 e. The van der Waals surface area contributed by atoms with Gasteiger partial charge in [-0.3, -0.25) is 0 Å². The van der Waals surface area contributed by atoms with Crippen molar-refractivity contribution in [1.82, 2.24) is 9.97 Å². The van der Waals surface area contributed by atoms with Crippen LogP contribution < -0.4 is 5.69 Å². The summed E-state index contributed by atoms with van der Waals surface area (Å²) in [7, 11) is 0. The molecule has 0 spiro atoms. The Kier molecular flexibility index (Phi) is 4.88. The molecule has 0 radical (unpaired) electrons. The molecule has 0 unspecified atom stereocenters. The molecule has 0 fully saturated rings. The first kappa shape index (κ1) is 19.5. The number of nitrogens with one attached hydrogen (secondary N) is 1. The number of benzene rings is 1. The number of nitrogens with zero attached hydrogens (tertiary/aromatic N) is 1. The summed E-state index contributed by atoms with van der Waals surface area (Å²) in [6.07, 6.45) is -6.88. The maximum atomic E-state index is 12.8. The monoisotopic (exact) mass is 400 g/mol. The number of aromatic amines is 1. The summed E-state index contributed by atoms with van der Waals surface area (Å²) in [6, 6.07) is 7.98. The second-order valence-electron chi connectivity index (χ2n) is 5.64. The van der Waals surface area contributed by atoms with E-state index in [1.807, 2.05) is 0 Å². The van der Waals surface area contributed by atoms with E-state index in [2.05, 4.69) is 4.98 Å². The lowest BCUT2D eigenvalue weighted by Crippen LogP contribution is -2.19. The molecule has 0 saturated carbocycles. The van der Waals surface area contributed by atoms with Gasteiger partial charge in [-0.05, 0) is 42.5 Å². The lowest BCUT2D eigenvalue weighted by atomic mass is 10.1. The first-order valence-corrected chi connectivity index (χ1v) is 7.66. The third-order valence-electron chi connectivity index (χ3n) is 3.59. The minimum atomic E-state index is -4.74. The van der Waals surface area contributed by atoms with Crippen LogP contribution in [0.1, 0.15) is 22.7 Å². The predicted octanol–water partition coefficient (Wildman–Crippen LogP) is 5.24. The Morgan fingerprint density at radius 2 is 1.68 bits per heavy atom. The number of halogens is 6. The van der Waals surface area contributed by atoms with Crippen molar-refractivity contribution in [3.63, 3.8) is 0 Å². The quantitative estimate of drug-likeness (QED) is 0.612. The van der Waals surface area contributed by atoms with E-state index in [0.717, 1.165) is 18.2 Å². The zero-order chi connectivity index (χ0) is 20.5. The van der Waals surface area contributed by atoms with Crippen molar-refractivity contribution < 1.29 is 30.8 Å². The smallest absolute Gasteiger partial charge is 0.431 e. The number of furan rings is 1. The number of rotatable bonds is 3. The Morgan fingerprint density at radius 1 is 0.929 bits per heavy atom. The fourth-order valence-corrected chi connectivity index (χ4v) is 2.33. The molecule has 0 aliphatic rings. The van der Waals surface area contributed by atoms with Crippen LogP contribution in [0.15, 0.2) is 51.7 Å². The molecule has 2 aromatic heterocycles. The van der Waals surface area contributed by atoms with Gasteiger partial charge in [-0.25, -0.2) is 4.79 Å². The molecule has 1 aromatic carbocycles. The lowest BCUT2D eigenvalue weighted by Gasteiger charge is -2.07. The van der Waals surface area contributed by atoms with Crippen molar-refractivity contribution in [2.75, 3.05) is 0 Å². The van der Waals surface area contributed by atoms with E-state index in [1.54, 1.807) is 4.98 Å². The van der Waals surface area contributed by atoms with Crippen molar-refractivity contribution >= 4 is 12.2 Å². The Balaban J connectivity index is 1.86. The zero-order valence-corrected chi connectivity index (χ0v) is 13.7. The molecule has 1 N–H and O–H groups in total. The second-order valence-corrected chi connectivity index (χ2v) is 5.64. The summed E-state index contributed by atoms with van der Waals surface area (Å²) in [5, 5.41) is 0. The van der Waals surface area contributed by atoms with Gasteiger partial charge >= 0.3 is 18.0 Å². The number of aromatic nitrogens is 2. The number of hydrogen-bond donors (Lipinski definition) is 1. The fraction of sp³-hybridized carbons (Fsp3) is 0.111. The van der Waals surface area contributed by atoms with Crippen LogP contribution >= 0.6 is 0 Å². The Morgan fingerprint density at radius 3 is 2.36 bits per heavy atom. The van der Waals surface area contributed by atoms with E-state index in [-0.39, 0.29) is 22.8 Å². The first-order valence-electron chi connectivity index (χ1n) is 7.66. The summed E-state index contributed by atoms with van der Waals surface area (Å²) in [5.74, 6) is 0.295. The molecule has 2 heterocycles. The molecule has 0 aliphatic heterocycles. The van der Waals surface area contributed by atoms with E-state index in [9.17, 15) is 31.1 Å². The highest BCUT2D eigenvalue weighted by atomic mass is 19.4. The highest BCUT2D eigenvalue weighted by molar-refractivity contribution is 5.68. The van der Waals surface area contributed by atoms with E-state index >= 15 is 0 Å². The van der Waals surface area contributed by atoms with Crippen LogP contribution in [0, 0.1) is 0 Å². The van der Waals surface area contributed by atoms with Gasteiger partial charge in [0.2, 0.25) is 0 Å².